The molecule has 0 N–H and O–H groups in total. The van der Waals surface area contributed by atoms with E-state index in [2.05, 4.69) is 62.5 Å². The summed E-state index contributed by atoms with van der Waals surface area (Å²) in [4.78, 5) is 37.3. The minimum Gasteiger partial charge on any atom is -0.545 e. The van der Waals surface area contributed by atoms with Crippen LogP contribution in [0, 0.1) is 0 Å². The monoisotopic (exact) mass is 1030 g/mol. The van der Waals surface area contributed by atoms with Crippen molar-refractivity contribution in [2.75, 3.05) is 47.5 Å². The van der Waals surface area contributed by atoms with E-state index in [-0.39, 0.29) is 32.2 Å². The van der Waals surface area contributed by atoms with E-state index < -0.39 is 24.3 Å². The molecule has 0 bridgehead atoms. The third-order valence-corrected chi connectivity index (χ3v) is 13.6. The molecule has 0 aromatic heterocycles. The van der Waals surface area contributed by atoms with Crippen molar-refractivity contribution in [2.45, 2.75) is 296 Å². The van der Waals surface area contributed by atoms with E-state index in [1.807, 2.05) is 21.1 Å². The number of carbonyl (C=O) groups is 3. The lowest BCUT2D eigenvalue weighted by atomic mass is 10.0. The van der Waals surface area contributed by atoms with Gasteiger partial charge in [0.25, 0.3) is 0 Å². The van der Waals surface area contributed by atoms with Gasteiger partial charge in [-0.15, -0.1) is 0 Å². The molecule has 0 fully saturated rings. The topological polar surface area (TPSA) is 111 Å². The number of quaternary nitrogens is 1. The zero-order valence-electron chi connectivity index (χ0n) is 48.5. The van der Waals surface area contributed by atoms with Crippen LogP contribution in [0.2, 0.25) is 0 Å². The molecule has 0 spiro atoms. The van der Waals surface area contributed by atoms with Crippen molar-refractivity contribution in [3.8, 4) is 0 Å². The van der Waals surface area contributed by atoms with Crippen LogP contribution in [-0.4, -0.2) is 82.3 Å². The zero-order chi connectivity index (χ0) is 53.4. The molecule has 0 aliphatic rings. The van der Waals surface area contributed by atoms with Crippen LogP contribution in [0.25, 0.3) is 0 Å². The molecular weight excluding hydrogens is 911 g/mol. The van der Waals surface area contributed by atoms with E-state index in [1.165, 1.54) is 186 Å². The highest BCUT2D eigenvalue weighted by molar-refractivity contribution is 5.70. The molecule has 0 aromatic rings. The first-order valence-electron chi connectivity index (χ1n) is 30.8. The number of aliphatic carboxylic acids is 1. The SMILES string of the molecule is CC/C=C\C/C=C\C/C=C\CCCCCCCCCC(=O)OC(COC(=O)CCCCCCCCCCCCCCCCCCCCC/C=C\CCCCCCCCCC)COC(OCC[N+](C)(C)C)C(=O)[O-]. The summed E-state index contributed by atoms with van der Waals surface area (Å²) in [6.07, 6.45) is 66.1. The van der Waals surface area contributed by atoms with Crippen molar-refractivity contribution in [3.63, 3.8) is 0 Å². The molecule has 0 saturated heterocycles. The predicted molar refractivity (Wildman–Crippen MR) is 306 cm³/mol. The van der Waals surface area contributed by atoms with Crippen LogP contribution in [0.5, 0.6) is 0 Å². The Bertz CT molecular complexity index is 1340. The minimum atomic E-state index is -1.62. The number of nitrogens with zero attached hydrogens (tertiary/aromatic N) is 1. The number of allylic oxidation sites excluding steroid dienone is 8. The second-order valence-electron chi connectivity index (χ2n) is 22.0. The smallest absolute Gasteiger partial charge is 0.306 e. The zero-order valence-corrected chi connectivity index (χ0v) is 48.5. The van der Waals surface area contributed by atoms with Gasteiger partial charge in [-0.25, -0.2) is 0 Å². The van der Waals surface area contributed by atoms with Crippen LogP contribution in [0.4, 0.5) is 0 Å². The van der Waals surface area contributed by atoms with Gasteiger partial charge in [-0.3, -0.25) is 9.59 Å². The Morgan fingerprint density at radius 3 is 1.18 bits per heavy atom. The maximum absolute atomic E-state index is 12.8. The van der Waals surface area contributed by atoms with Gasteiger partial charge >= 0.3 is 11.9 Å². The highest BCUT2D eigenvalue weighted by Gasteiger charge is 2.22. The minimum absolute atomic E-state index is 0.146. The molecule has 0 aliphatic heterocycles. The molecular formula is C64H117NO8. The first kappa shape index (κ1) is 70.2. The lowest BCUT2D eigenvalue weighted by Crippen LogP contribution is -2.44. The number of carboxylic acids is 1. The number of hydrogen-bond acceptors (Lipinski definition) is 8. The van der Waals surface area contributed by atoms with Crippen LogP contribution < -0.4 is 5.11 Å². The van der Waals surface area contributed by atoms with E-state index in [0.717, 1.165) is 64.2 Å². The normalized spacial score (nSPS) is 13.1. The van der Waals surface area contributed by atoms with E-state index in [9.17, 15) is 19.5 Å². The molecule has 0 rings (SSSR count). The van der Waals surface area contributed by atoms with Crippen LogP contribution in [0.3, 0.4) is 0 Å². The first-order valence-corrected chi connectivity index (χ1v) is 30.8. The van der Waals surface area contributed by atoms with Gasteiger partial charge in [0, 0.05) is 12.8 Å². The molecule has 0 aliphatic carbocycles. The summed E-state index contributed by atoms with van der Waals surface area (Å²) in [5.74, 6) is -2.28. The third kappa shape index (κ3) is 56.8. The number of hydrogen-bond donors (Lipinski definition) is 0. The predicted octanol–water partition coefficient (Wildman–Crippen LogP) is 16.9. The van der Waals surface area contributed by atoms with Crippen molar-refractivity contribution in [1.82, 2.24) is 0 Å². The van der Waals surface area contributed by atoms with Crippen molar-refractivity contribution in [3.05, 3.63) is 48.6 Å². The maximum Gasteiger partial charge on any atom is 0.306 e. The Morgan fingerprint density at radius 1 is 0.425 bits per heavy atom. The summed E-state index contributed by atoms with van der Waals surface area (Å²) < 4.78 is 22.7. The van der Waals surface area contributed by atoms with Crippen molar-refractivity contribution in [1.29, 1.82) is 0 Å². The van der Waals surface area contributed by atoms with E-state index in [0.29, 0.717) is 23.9 Å². The molecule has 9 heteroatoms. The average Bonchev–Trinajstić information content (AvgIpc) is 3.36. The molecule has 0 amide bonds. The summed E-state index contributed by atoms with van der Waals surface area (Å²) in [5, 5.41) is 11.8. The second kappa shape index (κ2) is 55.5. The fourth-order valence-corrected chi connectivity index (χ4v) is 8.84. The third-order valence-electron chi connectivity index (χ3n) is 13.6. The molecule has 0 heterocycles. The van der Waals surface area contributed by atoms with E-state index >= 15 is 0 Å². The maximum atomic E-state index is 12.8. The number of unbranched alkanes of at least 4 members (excludes halogenated alkanes) is 34. The lowest BCUT2D eigenvalue weighted by molar-refractivity contribution is -0.870. The number of ether oxygens (including phenoxy) is 4. The average molecular weight is 1030 g/mol. The van der Waals surface area contributed by atoms with Crippen molar-refractivity contribution in [2.24, 2.45) is 0 Å². The summed E-state index contributed by atoms with van der Waals surface area (Å²) in [7, 11) is 5.92. The van der Waals surface area contributed by atoms with Crippen LogP contribution in [0.15, 0.2) is 48.6 Å². The lowest BCUT2D eigenvalue weighted by Gasteiger charge is -2.26. The van der Waals surface area contributed by atoms with Crippen LogP contribution in [-0.2, 0) is 33.3 Å². The van der Waals surface area contributed by atoms with Crippen LogP contribution in [0.1, 0.15) is 284 Å². The highest BCUT2D eigenvalue weighted by atomic mass is 16.7. The van der Waals surface area contributed by atoms with Gasteiger partial charge in [-0.1, -0.05) is 249 Å². The van der Waals surface area contributed by atoms with Crippen molar-refractivity contribution >= 4 is 17.9 Å². The standard InChI is InChI=1S/C64H117NO8/c1-6-8-10-12-14-16-18-20-22-24-25-26-27-28-29-30-31-32-33-34-35-36-37-39-40-42-44-46-48-50-52-54-61(66)71-58-60(59-72-64(63(68)69)70-57-56-65(3,4)5)73-62(67)55-53-51-49-47-45-43-41-38-23-21-19-17-15-13-11-9-7-2/h9,11,15,17,21,23-25,60,64H,6-8,10,12-14,16,18-20,22,26-59H2,1-5H3/b11-9-,17-15-,23-21-,25-24-. The van der Waals surface area contributed by atoms with Crippen LogP contribution >= 0.6 is 0 Å². The Morgan fingerprint density at radius 2 is 0.781 bits per heavy atom. The molecule has 426 valence electrons. The number of likely N-dealkylation sites (N-methyl/N-ethyl adjacent to an activating group) is 1. The number of carboxylic acid groups (broad SMARTS) is 1. The van der Waals surface area contributed by atoms with Crippen molar-refractivity contribution < 1.29 is 42.9 Å². The summed E-state index contributed by atoms with van der Waals surface area (Å²) in [5.41, 5.74) is 0. The molecule has 2 unspecified atom stereocenters. The van der Waals surface area contributed by atoms with E-state index in [1.54, 1.807) is 0 Å². The number of rotatable bonds is 57. The molecule has 73 heavy (non-hydrogen) atoms. The van der Waals surface area contributed by atoms with E-state index in [4.69, 9.17) is 18.9 Å². The molecule has 0 radical (unpaired) electrons. The quantitative estimate of drug-likeness (QED) is 0.0195. The largest absolute Gasteiger partial charge is 0.545 e. The first-order chi connectivity index (χ1) is 35.6. The Hall–Kier alpha value is -2.75. The molecule has 0 saturated carbocycles. The van der Waals surface area contributed by atoms with Gasteiger partial charge in [-0.05, 0) is 70.6 Å². The fraction of sp³-hybridized carbons (Fsp3) is 0.828. The van der Waals surface area contributed by atoms with Gasteiger partial charge in [0.05, 0.1) is 40.3 Å². The molecule has 0 aromatic carbocycles. The van der Waals surface area contributed by atoms with Gasteiger partial charge in [0.1, 0.15) is 13.2 Å². The fourth-order valence-electron chi connectivity index (χ4n) is 8.84. The highest BCUT2D eigenvalue weighted by Crippen LogP contribution is 2.17. The molecule has 2 atom stereocenters. The van der Waals surface area contributed by atoms with Gasteiger partial charge in [0.15, 0.2) is 12.4 Å². The van der Waals surface area contributed by atoms with Gasteiger partial charge < -0.3 is 33.3 Å². The molecule has 9 nitrogen and oxygen atoms in total. The Labute approximate surface area is 451 Å². The summed E-state index contributed by atoms with van der Waals surface area (Å²) in [6.45, 7) is 4.66. The number of carbonyl (C=O) groups excluding carboxylic acids is 3. The van der Waals surface area contributed by atoms with Gasteiger partial charge in [-0.2, -0.15) is 0 Å². The summed E-state index contributed by atoms with van der Waals surface area (Å²) in [6, 6.07) is 0. The summed E-state index contributed by atoms with van der Waals surface area (Å²) >= 11 is 0. The Balaban J connectivity index is 4.09. The van der Waals surface area contributed by atoms with Gasteiger partial charge in [0.2, 0.25) is 0 Å². The second-order valence-corrected chi connectivity index (χ2v) is 22.0. The number of esters is 2. The Kier molecular flexibility index (Phi) is 53.4.